The molecule has 2 aliphatic rings. The summed E-state index contributed by atoms with van der Waals surface area (Å²) in [5, 5.41) is 10.5. The van der Waals surface area contributed by atoms with E-state index in [0.29, 0.717) is 12.1 Å². The van der Waals surface area contributed by atoms with Crippen LogP contribution in [0.4, 0.5) is 5.82 Å². The van der Waals surface area contributed by atoms with Crippen molar-refractivity contribution in [2.45, 2.75) is 11.8 Å². The zero-order chi connectivity index (χ0) is 18.8. The zero-order valence-electron chi connectivity index (χ0n) is 14.8. The van der Waals surface area contributed by atoms with E-state index in [9.17, 15) is 4.79 Å². The van der Waals surface area contributed by atoms with Crippen LogP contribution in [0.2, 0.25) is 0 Å². The van der Waals surface area contributed by atoms with Gasteiger partial charge in [-0.2, -0.15) is 10.1 Å². The Kier molecular flexibility index (Phi) is 4.69. The third kappa shape index (κ3) is 3.74. The summed E-state index contributed by atoms with van der Waals surface area (Å²) in [5.74, 6) is 2.14. The van der Waals surface area contributed by atoms with E-state index in [1.165, 1.54) is 19.1 Å². The Morgan fingerprint density at radius 1 is 1.41 bits per heavy atom. The lowest BCUT2D eigenvalue weighted by atomic mass is 10.2. The fourth-order valence-corrected chi connectivity index (χ4v) is 3.67. The minimum absolute atomic E-state index is 0.349. The van der Waals surface area contributed by atoms with E-state index >= 15 is 0 Å². The SMILES string of the molecule is COC(=O)c1cccc(SN2C=C(Nc3cc(C)[nH]n3)[N+]3C=CN=C3C2)c1. The van der Waals surface area contributed by atoms with Crippen molar-refractivity contribution in [3.05, 3.63) is 66.0 Å². The first-order chi connectivity index (χ1) is 13.1. The summed E-state index contributed by atoms with van der Waals surface area (Å²) in [7, 11) is 1.38. The fourth-order valence-electron chi connectivity index (χ4n) is 2.75. The maximum atomic E-state index is 11.8. The molecule has 4 rings (SSSR count). The number of nitrogens with zero attached hydrogens (tertiary/aromatic N) is 4. The summed E-state index contributed by atoms with van der Waals surface area (Å²) >= 11 is 1.52. The van der Waals surface area contributed by atoms with Crippen molar-refractivity contribution in [3.63, 3.8) is 0 Å². The van der Waals surface area contributed by atoms with Crippen LogP contribution in [-0.4, -0.2) is 40.0 Å². The van der Waals surface area contributed by atoms with Gasteiger partial charge < -0.3 is 4.74 Å². The smallest absolute Gasteiger partial charge is 0.337 e. The predicted octanol–water partition coefficient (Wildman–Crippen LogP) is 2.76. The van der Waals surface area contributed by atoms with Crippen LogP contribution in [0.3, 0.4) is 0 Å². The number of methoxy groups -OCH3 is 1. The lowest BCUT2D eigenvalue weighted by molar-refractivity contribution is 0.0600. The number of rotatable bonds is 5. The van der Waals surface area contributed by atoms with Crippen molar-refractivity contribution >= 4 is 29.6 Å². The molecule has 2 aliphatic heterocycles. The van der Waals surface area contributed by atoms with E-state index in [-0.39, 0.29) is 5.97 Å². The maximum absolute atomic E-state index is 11.8. The molecule has 0 fully saturated rings. The van der Waals surface area contributed by atoms with Crippen LogP contribution < -0.4 is 10.2 Å². The molecule has 0 amide bonds. The van der Waals surface area contributed by atoms with Gasteiger partial charge >= 0.3 is 5.97 Å². The minimum Gasteiger partial charge on any atom is -0.465 e. The number of carbonyl (C=O) groups is 1. The number of hydrogen-bond donors (Lipinski definition) is 2. The van der Waals surface area contributed by atoms with E-state index in [4.69, 9.17) is 4.74 Å². The highest BCUT2D eigenvalue weighted by Crippen LogP contribution is 2.29. The number of aromatic amines is 1. The highest BCUT2D eigenvalue weighted by molar-refractivity contribution is 7.97. The Morgan fingerprint density at radius 2 is 2.30 bits per heavy atom. The van der Waals surface area contributed by atoms with Gasteiger partial charge in [0.05, 0.1) is 25.1 Å². The summed E-state index contributed by atoms with van der Waals surface area (Å²) in [6.45, 7) is 2.58. The van der Waals surface area contributed by atoms with Gasteiger partial charge in [0.25, 0.3) is 11.7 Å². The molecular weight excluding hydrogens is 364 g/mol. The van der Waals surface area contributed by atoms with Crippen molar-refractivity contribution in [1.29, 1.82) is 0 Å². The van der Waals surface area contributed by atoms with Crippen molar-refractivity contribution in [2.75, 3.05) is 19.0 Å². The Morgan fingerprint density at radius 3 is 3.07 bits per heavy atom. The van der Waals surface area contributed by atoms with Crippen LogP contribution >= 0.6 is 11.9 Å². The quantitative estimate of drug-likeness (QED) is 0.470. The monoisotopic (exact) mass is 382 g/mol. The second-order valence-corrected chi connectivity index (χ2v) is 7.10. The highest BCUT2D eigenvalue weighted by atomic mass is 32.2. The number of fused-ring (bicyclic) bond motifs is 1. The number of esters is 1. The first-order valence-corrected chi connectivity index (χ1v) is 9.06. The van der Waals surface area contributed by atoms with Gasteiger partial charge in [0, 0.05) is 16.7 Å². The summed E-state index contributed by atoms with van der Waals surface area (Å²) in [6.07, 6.45) is 5.68. The molecule has 137 valence electrons. The second kappa shape index (κ2) is 7.29. The molecule has 0 aliphatic carbocycles. The molecular formula is C18H18N6O2S+. The van der Waals surface area contributed by atoms with Crippen LogP contribution in [-0.2, 0) is 4.74 Å². The molecule has 8 nitrogen and oxygen atoms in total. The summed E-state index contributed by atoms with van der Waals surface area (Å²) < 4.78 is 6.85. The third-order valence-electron chi connectivity index (χ3n) is 3.98. The number of ether oxygens (including phenoxy) is 1. The zero-order valence-corrected chi connectivity index (χ0v) is 15.7. The van der Waals surface area contributed by atoms with Gasteiger partial charge in [-0.1, -0.05) is 6.07 Å². The highest BCUT2D eigenvalue weighted by Gasteiger charge is 2.37. The topological polar surface area (TPSA) is 88.5 Å². The van der Waals surface area contributed by atoms with Crippen molar-refractivity contribution < 1.29 is 9.53 Å². The first-order valence-electron chi connectivity index (χ1n) is 8.29. The second-order valence-electron chi connectivity index (χ2n) is 5.97. The van der Waals surface area contributed by atoms with Gasteiger partial charge in [-0.3, -0.25) is 14.7 Å². The molecule has 0 bridgehead atoms. The normalized spacial score (nSPS) is 16.0. The molecule has 0 saturated heterocycles. The first kappa shape index (κ1) is 17.4. The average Bonchev–Trinajstić information content (AvgIpc) is 3.30. The number of H-pyrrole nitrogens is 1. The predicted molar refractivity (Wildman–Crippen MR) is 104 cm³/mol. The molecule has 1 radical (unpaired) electrons. The van der Waals surface area contributed by atoms with E-state index in [2.05, 4.69) is 24.8 Å². The van der Waals surface area contributed by atoms with Crippen LogP contribution in [0.5, 0.6) is 0 Å². The number of carbonyl (C=O) groups excluding carboxylic acids is 1. The number of aryl methyl sites for hydroxylation is 1. The van der Waals surface area contributed by atoms with E-state index in [1.807, 2.05) is 48.5 Å². The molecule has 1 aromatic carbocycles. The summed E-state index contributed by atoms with van der Waals surface area (Å²) in [5.41, 5.74) is 1.50. The number of benzene rings is 1. The van der Waals surface area contributed by atoms with Gasteiger partial charge in [0.2, 0.25) is 0 Å². The van der Waals surface area contributed by atoms with Crippen LogP contribution in [0, 0.1) is 6.92 Å². The van der Waals surface area contributed by atoms with Crippen molar-refractivity contribution in [2.24, 2.45) is 4.99 Å². The van der Waals surface area contributed by atoms with Crippen LogP contribution in [0.25, 0.3) is 0 Å². The molecule has 0 saturated carbocycles. The molecule has 2 N–H and O–H groups in total. The largest absolute Gasteiger partial charge is 0.465 e. The van der Waals surface area contributed by atoms with E-state index in [0.717, 1.165) is 28.1 Å². The van der Waals surface area contributed by atoms with Crippen molar-refractivity contribution in [1.82, 2.24) is 19.4 Å². The molecule has 9 heteroatoms. The molecule has 27 heavy (non-hydrogen) atoms. The maximum Gasteiger partial charge on any atom is 0.337 e. The number of aromatic nitrogens is 2. The van der Waals surface area contributed by atoms with Crippen molar-refractivity contribution in [3.8, 4) is 0 Å². The summed E-state index contributed by atoms with van der Waals surface area (Å²) in [4.78, 5) is 19.1. The number of anilines is 1. The Hall–Kier alpha value is -3.04. The fraction of sp³-hybridized carbons (Fsp3) is 0.167. The minimum atomic E-state index is -0.349. The summed E-state index contributed by atoms with van der Waals surface area (Å²) in [6, 6.07) is 9.28. The molecule has 0 unspecified atom stereocenters. The lowest BCUT2D eigenvalue weighted by Crippen LogP contribution is -2.42. The third-order valence-corrected chi connectivity index (χ3v) is 4.91. The van der Waals surface area contributed by atoms with Gasteiger partial charge in [-0.05, 0) is 42.0 Å². The Labute approximate surface area is 160 Å². The Balaban J connectivity index is 1.56. The van der Waals surface area contributed by atoms with Crippen LogP contribution in [0.15, 0.2) is 64.6 Å². The number of aliphatic imine (C=N–C) groups is 1. The molecule has 3 heterocycles. The van der Waals surface area contributed by atoms with Gasteiger partial charge in [-0.25, -0.2) is 4.79 Å². The van der Waals surface area contributed by atoms with Gasteiger partial charge in [-0.15, -0.1) is 0 Å². The van der Waals surface area contributed by atoms with E-state index < -0.39 is 0 Å². The molecule has 0 atom stereocenters. The van der Waals surface area contributed by atoms with E-state index in [1.54, 1.807) is 12.3 Å². The number of nitrogens with one attached hydrogen (secondary N) is 2. The number of hydrogen-bond acceptors (Lipinski definition) is 8. The molecule has 1 aromatic heterocycles. The Bertz CT molecular complexity index is 964. The van der Waals surface area contributed by atoms with Gasteiger partial charge in [0.1, 0.15) is 6.54 Å². The number of amidine groups is 1. The average molecular weight is 382 g/mol. The standard InChI is InChI=1S/C18H18N6O2S/c1-12-8-15(22-21-12)20-17-11-23(10-16-19-6-7-24(16)17)27-14-5-3-4-13(9-14)18(25)26-2/h3-9,11H,10H2,1-2H3,(H2,20,21,22)/q+1. The lowest BCUT2D eigenvalue weighted by Gasteiger charge is -2.24. The molecule has 2 aromatic rings. The van der Waals surface area contributed by atoms with Gasteiger partial charge in [0.15, 0.2) is 12.0 Å². The van der Waals surface area contributed by atoms with Crippen LogP contribution in [0.1, 0.15) is 16.1 Å². The molecule has 0 spiro atoms.